The van der Waals surface area contributed by atoms with E-state index in [0.717, 1.165) is 30.8 Å². The zero-order valence-corrected chi connectivity index (χ0v) is 13.1. The van der Waals surface area contributed by atoms with E-state index in [-0.39, 0.29) is 11.6 Å². The van der Waals surface area contributed by atoms with Crippen molar-refractivity contribution in [1.29, 1.82) is 0 Å². The van der Waals surface area contributed by atoms with Gasteiger partial charge in [-0.15, -0.1) is 0 Å². The van der Waals surface area contributed by atoms with Gasteiger partial charge in [0.15, 0.2) is 0 Å². The quantitative estimate of drug-likeness (QED) is 0.539. The molecule has 3 N–H and O–H groups in total. The Hall–Kier alpha value is -1.10. The first-order valence-corrected chi connectivity index (χ1v) is 7.44. The first-order chi connectivity index (χ1) is 9.61. The van der Waals surface area contributed by atoms with Gasteiger partial charge in [0, 0.05) is 6.61 Å². The fourth-order valence-corrected chi connectivity index (χ4v) is 2.32. The summed E-state index contributed by atoms with van der Waals surface area (Å²) in [5, 5.41) is 0. The minimum absolute atomic E-state index is 0.0484. The van der Waals surface area contributed by atoms with Crippen LogP contribution in [0.2, 0.25) is 0 Å². The van der Waals surface area contributed by atoms with Crippen molar-refractivity contribution >= 4 is 0 Å². The van der Waals surface area contributed by atoms with E-state index < -0.39 is 0 Å². The summed E-state index contributed by atoms with van der Waals surface area (Å²) in [4.78, 5) is 0. The Morgan fingerprint density at radius 3 is 2.30 bits per heavy atom. The van der Waals surface area contributed by atoms with Crippen LogP contribution in [0.25, 0.3) is 0 Å². The van der Waals surface area contributed by atoms with Gasteiger partial charge in [0.1, 0.15) is 5.75 Å². The maximum absolute atomic E-state index is 5.91. The normalized spacial score (nSPS) is 15.7. The minimum atomic E-state index is -0.324. The van der Waals surface area contributed by atoms with E-state index in [9.17, 15) is 0 Å². The van der Waals surface area contributed by atoms with Crippen molar-refractivity contribution in [2.45, 2.75) is 52.2 Å². The SMILES string of the molecule is CCCOc1ccc(C(NN)C(C)(CC)OCC)cc1. The van der Waals surface area contributed by atoms with E-state index in [1.165, 1.54) is 0 Å². The monoisotopic (exact) mass is 280 g/mol. The fraction of sp³-hybridized carbons (Fsp3) is 0.625. The van der Waals surface area contributed by atoms with Crippen molar-refractivity contribution in [3.63, 3.8) is 0 Å². The Morgan fingerprint density at radius 2 is 1.85 bits per heavy atom. The highest BCUT2D eigenvalue weighted by Gasteiger charge is 2.33. The molecular formula is C16H28N2O2. The van der Waals surface area contributed by atoms with E-state index in [4.69, 9.17) is 15.3 Å². The Balaban J connectivity index is 2.88. The molecule has 1 aromatic rings. The Kier molecular flexibility index (Phi) is 6.99. The number of rotatable bonds is 9. The van der Waals surface area contributed by atoms with Crippen LogP contribution in [0.1, 0.15) is 52.1 Å². The molecule has 0 aromatic heterocycles. The van der Waals surface area contributed by atoms with Crippen molar-refractivity contribution < 1.29 is 9.47 Å². The second kappa shape index (κ2) is 8.25. The van der Waals surface area contributed by atoms with Crippen LogP contribution in [0.4, 0.5) is 0 Å². The number of nitrogens with one attached hydrogen (secondary N) is 1. The van der Waals surface area contributed by atoms with E-state index in [1.54, 1.807) is 0 Å². The van der Waals surface area contributed by atoms with Crippen LogP contribution in [0.15, 0.2) is 24.3 Å². The highest BCUT2D eigenvalue weighted by atomic mass is 16.5. The van der Waals surface area contributed by atoms with Crippen molar-refractivity contribution in [3.05, 3.63) is 29.8 Å². The van der Waals surface area contributed by atoms with Gasteiger partial charge < -0.3 is 9.47 Å². The molecule has 2 atom stereocenters. The molecule has 0 bridgehead atoms. The second-order valence-electron chi connectivity index (χ2n) is 5.12. The molecule has 1 aromatic carbocycles. The highest BCUT2D eigenvalue weighted by Crippen LogP contribution is 2.32. The number of hydrazine groups is 1. The molecular weight excluding hydrogens is 252 g/mol. The molecule has 0 radical (unpaired) electrons. The fourth-order valence-electron chi connectivity index (χ4n) is 2.32. The molecule has 0 saturated carbocycles. The van der Waals surface area contributed by atoms with Crippen LogP contribution in [0.3, 0.4) is 0 Å². The molecule has 0 aliphatic heterocycles. The van der Waals surface area contributed by atoms with Gasteiger partial charge in [-0.05, 0) is 44.4 Å². The van der Waals surface area contributed by atoms with Crippen LogP contribution in [-0.2, 0) is 4.74 Å². The number of benzene rings is 1. The van der Waals surface area contributed by atoms with Crippen LogP contribution in [0, 0.1) is 0 Å². The van der Waals surface area contributed by atoms with E-state index in [2.05, 4.69) is 26.2 Å². The van der Waals surface area contributed by atoms with Crippen molar-refractivity contribution in [1.82, 2.24) is 5.43 Å². The summed E-state index contributed by atoms with van der Waals surface area (Å²) in [5.74, 6) is 6.64. The predicted molar refractivity (Wildman–Crippen MR) is 82.6 cm³/mol. The molecule has 0 heterocycles. The third-order valence-electron chi connectivity index (χ3n) is 3.64. The van der Waals surface area contributed by atoms with Gasteiger partial charge in [-0.1, -0.05) is 26.0 Å². The smallest absolute Gasteiger partial charge is 0.119 e. The molecule has 20 heavy (non-hydrogen) atoms. The lowest BCUT2D eigenvalue weighted by atomic mass is 9.88. The van der Waals surface area contributed by atoms with Gasteiger partial charge >= 0.3 is 0 Å². The lowest BCUT2D eigenvalue weighted by Crippen LogP contribution is -2.46. The summed E-state index contributed by atoms with van der Waals surface area (Å²) >= 11 is 0. The molecule has 4 nitrogen and oxygen atoms in total. The zero-order chi connectivity index (χ0) is 15.0. The Labute approximate surface area is 122 Å². The van der Waals surface area contributed by atoms with E-state index in [1.807, 2.05) is 31.2 Å². The number of nitrogens with two attached hydrogens (primary N) is 1. The number of hydrogen-bond donors (Lipinski definition) is 2. The van der Waals surface area contributed by atoms with Crippen molar-refractivity contribution in [3.8, 4) is 5.75 Å². The van der Waals surface area contributed by atoms with Gasteiger partial charge in [0.05, 0.1) is 18.2 Å². The van der Waals surface area contributed by atoms with Crippen LogP contribution < -0.4 is 16.0 Å². The molecule has 0 amide bonds. The van der Waals surface area contributed by atoms with E-state index >= 15 is 0 Å². The summed E-state index contributed by atoms with van der Waals surface area (Å²) in [7, 11) is 0. The van der Waals surface area contributed by atoms with E-state index in [0.29, 0.717) is 6.61 Å². The molecule has 4 heteroatoms. The zero-order valence-electron chi connectivity index (χ0n) is 13.1. The topological polar surface area (TPSA) is 56.5 Å². The molecule has 0 aliphatic rings. The predicted octanol–water partition coefficient (Wildman–Crippen LogP) is 3.19. The summed E-state index contributed by atoms with van der Waals surface area (Å²) in [6.45, 7) is 9.70. The largest absolute Gasteiger partial charge is 0.494 e. The summed E-state index contributed by atoms with van der Waals surface area (Å²) in [6, 6.07) is 8.01. The van der Waals surface area contributed by atoms with Gasteiger partial charge in [-0.3, -0.25) is 11.3 Å². The highest BCUT2D eigenvalue weighted by molar-refractivity contribution is 5.30. The lowest BCUT2D eigenvalue weighted by Gasteiger charge is -2.36. The average molecular weight is 280 g/mol. The summed E-state index contributed by atoms with van der Waals surface area (Å²) in [6.07, 6.45) is 1.89. The van der Waals surface area contributed by atoms with Crippen LogP contribution in [-0.4, -0.2) is 18.8 Å². The van der Waals surface area contributed by atoms with Crippen molar-refractivity contribution in [2.75, 3.05) is 13.2 Å². The van der Waals surface area contributed by atoms with Gasteiger partial charge in [-0.2, -0.15) is 0 Å². The molecule has 0 fully saturated rings. The minimum Gasteiger partial charge on any atom is -0.494 e. The summed E-state index contributed by atoms with van der Waals surface area (Å²) < 4.78 is 11.5. The third kappa shape index (κ3) is 4.20. The average Bonchev–Trinajstić information content (AvgIpc) is 2.47. The molecule has 2 unspecified atom stereocenters. The number of ether oxygens (including phenoxy) is 2. The Morgan fingerprint density at radius 1 is 1.20 bits per heavy atom. The van der Waals surface area contributed by atoms with Crippen molar-refractivity contribution in [2.24, 2.45) is 5.84 Å². The Bertz CT molecular complexity index is 381. The molecule has 0 spiro atoms. The van der Waals surface area contributed by atoms with Gasteiger partial charge in [0.2, 0.25) is 0 Å². The molecule has 0 aliphatic carbocycles. The van der Waals surface area contributed by atoms with Gasteiger partial charge in [0.25, 0.3) is 0 Å². The molecule has 1 rings (SSSR count). The third-order valence-corrected chi connectivity index (χ3v) is 3.64. The molecule has 0 saturated heterocycles. The maximum Gasteiger partial charge on any atom is 0.119 e. The summed E-state index contributed by atoms with van der Waals surface area (Å²) in [5.41, 5.74) is 3.67. The first-order valence-electron chi connectivity index (χ1n) is 7.44. The van der Waals surface area contributed by atoms with Gasteiger partial charge in [-0.25, -0.2) is 0 Å². The number of hydrogen-bond acceptors (Lipinski definition) is 4. The van der Waals surface area contributed by atoms with Crippen LogP contribution in [0.5, 0.6) is 5.75 Å². The maximum atomic E-state index is 5.91. The molecule has 114 valence electrons. The standard InChI is InChI=1S/C16H28N2O2/c1-5-12-19-14-10-8-13(9-11-14)15(18-17)16(4,6-2)20-7-3/h8-11,15,18H,5-7,12,17H2,1-4H3. The second-order valence-corrected chi connectivity index (χ2v) is 5.12. The lowest BCUT2D eigenvalue weighted by molar-refractivity contribution is -0.0564. The first kappa shape index (κ1) is 17.0. The van der Waals surface area contributed by atoms with Crippen LogP contribution >= 0.6 is 0 Å².